The maximum Gasteiger partial charge on any atom is 0.264 e. The summed E-state index contributed by atoms with van der Waals surface area (Å²) in [6, 6.07) is 11.4. The van der Waals surface area contributed by atoms with Gasteiger partial charge in [-0.25, -0.2) is 4.99 Å². The molecule has 1 N–H and O–H groups in total. The molecule has 1 aliphatic heterocycles. The number of hydrogen-bond donors (Lipinski definition) is 1. The highest BCUT2D eigenvalue weighted by molar-refractivity contribution is 8.18. The zero-order chi connectivity index (χ0) is 21.5. The number of hydrogen-bond acceptors (Lipinski definition) is 5. The third kappa shape index (κ3) is 5.38. The minimum atomic E-state index is -0.217. The lowest BCUT2D eigenvalue weighted by Gasteiger charge is -2.13. The number of aryl methyl sites for hydroxylation is 1. The maximum absolute atomic E-state index is 12.4. The lowest BCUT2D eigenvalue weighted by Crippen LogP contribution is -2.19. The van der Waals surface area contributed by atoms with Crippen LogP contribution in [-0.2, 0) is 11.2 Å². The molecular formula is C23H21ClN2O3S. The summed E-state index contributed by atoms with van der Waals surface area (Å²) in [7, 11) is 0. The fourth-order valence-electron chi connectivity index (χ4n) is 2.74. The molecule has 0 saturated carbocycles. The van der Waals surface area contributed by atoms with E-state index in [-0.39, 0.29) is 12.5 Å². The van der Waals surface area contributed by atoms with Gasteiger partial charge in [-0.1, -0.05) is 36.6 Å². The van der Waals surface area contributed by atoms with E-state index in [1.165, 1.54) is 17.3 Å². The van der Waals surface area contributed by atoms with E-state index >= 15 is 0 Å². The van der Waals surface area contributed by atoms with Crippen molar-refractivity contribution in [2.75, 3.05) is 13.2 Å². The monoisotopic (exact) mass is 440 g/mol. The van der Waals surface area contributed by atoms with Crippen molar-refractivity contribution in [3.63, 3.8) is 0 Å². The van der Waals surface area contributed by atoms with Gasteiger partial charge >= 0.3 is 0 Å². The Morgan fingerprint density at radius 2 is 2.00 bits per heavy atom. The molecule has 154 valence electrons. The summed E-state index contributed by atoms with van der Waals surface area (Å²) in [5.41, 5.74) is 2.73. The third-order valence-corrected chi connectivity index (χ3v) is 5.35. The van der Waals surface area contributed by atoms with Crippen LogP contribution in [0.15, 0.2) is 46.3 Å². The fourth-order valence-corrected chi connectivity index (χ4v) is 3.86. The van der Waals surface area contributed by atoms with Crippen molar-refractivity contribution in [2.45, 2.75) is 20.3 Å². The Labute approximate surface area is 185 Å². The SMILES string of the molecule is C#CCOc1c(Cl)cc(/C=C2\SC(=Nc3ccc(CC)cc3)NC2=O)cc1OCC. The molecule has 0 bridgehead atoms. The van der Waals surface area contributed by atoms with Gasteiger partial charge in [-0.3, -0.25) is 4.79 Å². The van der Waals surface area contributed by atoms with Crippen molar-refractivity contribution in [3.8, 4) is 23.8 Å². The van der Waals surface area contributed by atoms with E-state index in [4.69, 9.17) is 27.5 Å². The quantitative estimate of drug-likeness (QED) is 0.474. The topological polar surface area (TPSA) is 59.9 Å². The van der Waals surface area contributed by atoms with Crippen LogP contribution in [-0.4, -0.2) is 24.3 Å². The Kier molecular flexibility index (Phi) is 7.45. The van der Waals surface area contributed by atoms with Gasteiger partial charge in [0.1, 0.15) is 6.61 Å². The lowest BCUT2D eigenvalue weighted by atomic mass is 10.1. The first-order valence-electron chi connectivity index (χ1n) is 9.45. The summed E-state index contributed by atoms with van der Waals surface area (Å²) in [6.07, 6.45) is 7.96. The first-order chi connectivity index (χ1) is 14.5. The van der Waals surface area contributed by atoms with Gasteiger partial charge in [-0.2, -0.15) is 0 Å². The van der Waals surface area contributed by atoms with Crippen LogP contribution in [0.5, 0.6) is 11.5 Å². The number of amides is 1. The highest BCUT2D eigenvalue weighted by Gasteiger charge is 2.24. The van der Waals surface area contributed by atoms with Crippen molar-refractivity contribution >= 4 is 46.2 Å². The zero-order valence-corrected chi connectivity index (χ0v) is 18.3. The molecule has 1 saturated heterocycles. The van der Waals surface area contributed by atoms with Gasteiger partial charge in [0.25, 0.3) is 5.91 Å². The number of thioether (sulfide) groups is 1. The molecule has 0 unspecified atom stereocenters. The fraction of sp³-hybridized carbons (Fsp3) is 0.217. The standard InChI is InChI=1S/C23H21ClN2O3S/c1-4-11-29-21-18(24)12-16(13-19(21)28-6-3)14-20-22(27)26-23(30-20)25-17-9-7-15(5-2)8-10-17/h1,7-10,12-14H,5-6,11H2,2-3H3,(H,25,26,27)/b20-14-. The average molecular weight is 441 g/mol. The summed E-state index contributed by atoms with van der Waals surface area (Å²) >= 11 is 7.62. The summed E-state index contributed by atoms with van der Waals surface area (Å²) in [4.78, 5) is 17.4. The predicted octanol–water partition coefficient (Wildman–Crippen LogP) is 5.20. The molecule has 5 nitrogen and oxygen atoms in total. The maximum atomic E-state index is 12.4. The van der Waals surface area contributed by atoms with E-state index in [1.807, 2.05) is 31.2 Å². The van der Waals surface area contributed by atoms with Gasteiger partial charge in [-0.15, -0.1) is 6.42 Å². The molecule has 0 radical (unpaired) electrons. The summed E-state index contributed by atoms with van der Waals surface area (Å²) in [5, 5.41) is 3.68. The molecule has 3 rings (SSSR count). The summed E-state index contributed by atoms with van der Waals surface area (Å²) in [5.74, 6) is 3.05. The zero-order valence-electron chi connectivity index (χ0n) is 16.7. The van der Waals surface area contributed by atoms with Crippen molar-refractivity contribution in [2.24, 2.45) is 4.99 Å². The molecule has 0 aliphatic carbocycles. The first-order valence-corrected chi connectivity index (χ1v) is 10.6. The normalized spacial score (nSPS) is 15.9. The van der Waals surface area contributed by atoms with Gasteiger partial charge in [0.05, 0.1) is 22.2 Å². The largest absolute Gasteiger partial charge is 0.490 e. The number of nitrogens with one attached hydrogen (secondary N) is 1. The van der Waals surface area contributed by atoms with Crippen LogP contribution in [0, 0.1) is 12.3 Å². The molecule has 1 heterocycles. The predicted molar refractivity (Wildman–Crippen MR) is 124 cm³/mol. The summed E-state index contributed by atoms with van der Waals surface area (Å²) in [6.45, 7) is 4.48. The number of halogens is 1. The van der Waals surface area contributed by atoms with Gasteiger partial charge in [0.15, 0.2) is 16.7 Å². The summed E-state index contributed by atoms with van der Waals surface area (Å²) < 4.78 is 11.1. The van der Waals surface area contributed by atoms with Gasteiger partial charge in [0.2, 0.25) is 0 Å². The Bertz CT molecular complexity index is 1040. The Morgan fingerprint density at radius 1 is 1.23 bits per heavy atom. The van der Waals surface area contributed by atoms with Crippen molar-refractivity contribution in [1.82, 2.24) is 5.32 Å². The molecule has 2 aromatic carbocycles. The number of ether oxygens (including phenoxy) is 2. The Morgan fingerprint density at radius 3 is 2.67 bits per heavy atom. The molecule has 0 aromatic heterocycles. The number of rotatable bonds is 7. The second-order valence-corrected chi connectivity index (χ2v) is 7.70. The Hall–Kier alpha value is -2.88. The van der Waals surface area contributed by atoms with Crippen LogP contribution in [0.3, 0.4) is 0 Å². The molecule has 2 aromatic rings. The highest BCUT2D eigenvalue weighted by Crippen LogP contribution is 2.38. The van der Waals surface area contributed by atoms with E-state index in [0.717, 1.165) is 12.1 Å². The van der Waals surface area contributed by atoms with E-state index < -0.39 is 0 Å². The second-order valence-electron chi connectivity index (χ2n) is 6.26. The van der Waals surface area contributed by atoms with Crippen LogP contribution in [0.1, 0.15) is 25.0 Å². The van der Waals surface area contributed by atoms with E-state index in [0.29, 0.717) is 38.8 Å². The van der Waals surface area contributed by atoms with E-state index in [9.17, 15) is 4.79 Å². The molecule has 30 heavy (non-hydrogen) atoms. The molecule has 1 amide bonds. The molecule has 1 aliphatic rings. The van der Waals surface area contributed by atoms with Crippen LogP contribution in [0.2, 0.25) is 5.02 Å². The number of carbonyl (C=O) groups excluding carboxylic acids is 1. The van der Waals surface area contributed by atoms with Crippen LogP contribution >= 0.6 is 23.4 Å². The van der Waals surface area contributed by atoms with Crippen LogP contribution < -0.4 is 14.8 Å². The third-order valence-electron chi connectivity index (χ3n) is 4.16. The second kappa shape index (κ2) is 10.2. The number of carbonyl (C=O) groups is 1. The number of amidine groups is 1. The first kappa shape index (κ1) is 21.8. The molecule has 1 fully saturated rings. The van der Waals surface area contributed by atoms with E-state index in [1.54, 1.807) is 18.2 Å². The average Bonchev–Trinajstić information content (AvgIpc) is 3.07. The van der Waals surface area contributed by atoms with Crippen LogP contribution in [0.4, 0.5) is 5.69 Å². The van der Waals surface area contributed by atoms with Crippen molar-refractivity contribution < 1.29 is 14.3 Å². The molecule has 0 spiro atoms. The van der Waals surface area contributed by atoms with Crippen LogP contribution in [0.25, 0.3) is 6.08 Å². The number of nitrogens with zero attached hydrogens (tertiary/aromatic N) is 1. The lowest BCUT2D eigenvalue weighted by molar-refractivity contribution is -0.115. The Balaban J connectivity index is 1.84. The number of benzene rings is 2. The minimum absolute atomic E-state index is 0.0809. The van der Waals surface area contributed by atoms with E-state index in [2.05, 4.69) is 23.2 Å². The molecule has 7 heteroatoms. The van der Waals surface area contributed by atoms with Crippen molar-refractivity contribution in [1.29, 1.82) is 0 Å². The molecule has 0 atom stereocenters. The number of aliphatic imine (C=N–C) groups is 1. The van der Waals surface area contributed by atoms with Gasteiger partial charge in [-0.05, 0) is 66.6 Å². The highest BCUT2D eigenvalue weighted by atomic mass is 35.5. The number of terminal acetylenes is 1. The minimum Gasteiger partial charge on any atom is -0.490 e. The van der Waals surface area contributed by atoms with Gasteiger partial charge in [0, 0.05) is 0 Å². The smallest absolute Gasteiger partial charge is 0.264 e. The van der Waals surface area contributed by atoms with Crippen molar-refractivity contribution in [3.05, 3.63) is 57.5 Å². The molecular weight excluding hydrogens is 420 g/mol. The van der Waals surface area contributed by atoms with Gasteiger partial charge < -0.3 is 14.8 Å².